The molecule has 1 unspecified atom stereocenters. The molecule has 0 radical (unpaired) electrons. The summed E-state index contributed by atoms with van der Waals surface area (Å²) in [7, 11) is 0. The standard InChI is InChI=1S/C25H25N5O5/c31-13-18-20(32)21(33)25(35-18)30-15-28-19-22(26-14-27-23(19)30)29(12-11-16-7-3-1-4-8-16)24(34)17-9-5-2-6-10-17/h1-10,14-15,18,20-21,25,31-33H,11-13H2/t18-,20-,21-,25?/m1/s1. The van der Waals surface area contributed by atoms with Crippen molar-refractivity contribution >= 4 is 22.9 Å². The van der Waals surface area contributed by atoms with Gasteiger partial charge in [-0.1, -0.05) is 48.5 Å². The number of fused-ring (bicyclic) bond motifs is 1. The number of aliphatic hydroxyl groups excluding tert-OH is 3. The number of hydrogen-bond donors (Lipinski definition) is 3. The molecule has 10 heteroatoms. The van der Waals surface area contributed by atoms with Gasteiger partial charge in [0.25, 0.3) is 5.91 Å². The summed E-state index contributed by atoms with van der Waals surface area (Å²) >= 11 is 0. The fourth-order valence-electron chi connectivity index (χ4n) is 4.26. The summed E-state index contributed by atoms with van der Waals surface area (Å²) in [5.41, 5.74) is 2.26. The lowest BCUT2D eigenvalue weighted by molar-refractivity contribution is -0.0511. The number of benzene rings is 2. The first-order valence-corrected chi connectivity index (χ1v) is 11.3. The van der Waals surface area contributed by atoms with Crippen molar-refractivity contribution in [1.29, 1.82) is 0 Å². The van der Waals surface area contributed by atoms with Crippen LogP contribution < -0.4 is 4.90 Å². The summed E-state index contributed by atoms with van der Waals surface area (Å²) in [4.78, 5) is 28.3. The summed E-state index contributed by atoms with van der Waals surface area (Å²) in [5.74, 6) is 0.0919. The number of aromatic nitrogens is 4. The predicted molar refractivity (Wildman–Crippen MR) is 127 cm³/mol. The van der Waals surface area contributed by atoms with E-state index in [2.05, 4.69) is 15.0 Å². The number of nitrogens with zero attached hydrogens (tertiary/aromatic N) is 5. The van der Waals surface area contributed by atoms with Gasteiger partial charge < -0.3 is 20.1 Å². The van der Waals surface area contributed by atoms with E-state index in [0.29, 0.717) is 35.5 Å². The largest absolute Gasteiger partial charge is 0.394 e. The first kappa shape index (κ1) is 23.1. The van der Waals surface area contributed by atoms with Gasteiger partial charge in [-0.2, -0.15) is 0 Å². The average Bonchev–Trinajstić information content (AvgIpc) is 3.46. The van der Waals surface area contributed by atoms with Gasteiger partial charge in [-0.05, 0) is 24.1 Å². The van der Waals surface area contributed by atoms with E-state index in [1.165, 1.54) is 17.2 Å². The van der Waals surface area contributed by atoms with Gasteiger partial charge in [0.1, 0.15) is 24.6 Å². The number of aliphatic hydroxyl groups is 3. The first-order chi connectivity index (χ1) is 17.1. The molecule has 2 aromatic heterocycles. The van der Waals surface area contributed by atoms with Crippen LogP contribution >= 0.6 is 0 Å². The zero-order valence-electron chi connectivity index (χ0n) is 18.8. The molecule has 0 aliphatic carbocycles. The molecule has 3 N–H and O–H groups in total. The van der Waals surface area contributed by atoms with Crippen molar-refractivity contribution in [2.75, 3.05) is 18.1 Å². The van der Waals surface area contributed by atoms with Crippen LogP contribution in [0.25, 0.3) is 11.2 Å². The number of rotatable bonds is 7. The molecule has 10 nitrogen and oxygen atoms in total. The fraction of sp³-hybridized carbons (Fsp3) is 0.280. The molecule has 5 rings (SSSR count). The number of anilines is 1. The predicted octanol–water partition coefficient (Wildman–Crippen LogP) is 1.33. The minimum absolute atomic E-state index is 0.232. The van der Waals surface area contributed by atoms with Crippen LogP contribution in [0.15, 0.2) is 73.3 Å². The van der Waals surface area contributed by atoms with Crippen molar-refractivity contribution in [1.82, 2.24) is 19.5 Å². The third kappa shape index (κ3) is 4.40. The van der Waals surface area contributed by atoms with Crippen LogP contribution in [0.2, 0.25) is 0 Å². The van der Waals surface area contributed by atoms with Gasteiger partial charge in [-0.15, -0.1) is 0 Å². The lowest BCUT2D eigenvalue weighted by atomic mass is 10.1. The number of carbonyl (C=O) groups is 1. The minimum Gasteiger partial charge on any atom is -0.394 e. The molecule has 1 saturated heterocycles. The van der Waals surface area contributed by atoms with Gasteiger partial charge in [-0.3, -0.25) is 14.3 Å². The average molecular weight is 476 g/mol. The van der Waals surface area contributed by atoms with Crippen LogP contribution in [0.1, 0.15) is 22.1 Å². The highest BCUT2D eigenvalue weighted by molar-refractivity contribution is 6.08. The second-order valence-electron chi connectivity index (χ2n) is 8.31. The molecule has 35 heavy (non-hydrogen) atoms. The summed E-state index contributed by atoms with van der Waals surface area (Å²) < 4.78 is 7.12. The van der Waals surface area contributed by atoms with Gasteiger partial charge in [0, 0.05) is 12.1 Å². The topological polar surface area (TPSA) is 134 Å². The Labute approximate surface area is 201 Å². The first-order valence-electron chi connectivity index (χ1n) is 11.3. The molecular weight excluding hydrogens is 450 g/mol. The van der Waals surface area contributed by atoms with Crippen molar-refractivity contribution in [2.24, 2.45) is 0 Å². The van der Waals surface area contributed by atoms with Gasteiger partial charge in [0.05, 0.1) is 12.9 Å². The van der Waals surface area contributed by atoms with Crippen LogP contribution in [0.4, 0.5) is 5.82 Å². The van der Waals surface area contributed by atoms with E-state index in [1.54, 1.807) is 29.2 Å². The molecule has 180 valence electrons. The van der Waals surface area contributed by atoms with Crippen molar-refractivity contribution in [3.05, 3.63) is 84.4 Å². The molecule has 0 saturated carbocycles. The monoisotopic (exact) mass is 475 g/mol. The summed E-state index contributed by atoms with van der Waals surface area (Å²) in [5, 5.41) is 30.1. The summed E-state index contributed by atoms with van der Waals surface area (Å²) in [6, 6.07) is 18.8. The number of hydrogen-bond acceptors (Lipinski definition) is 8. The number of ether oxygens (including phenoxy) is 1. The van der Waals surface area contributed by atoms with Crippen molar-refractivity contribution in [3.8, 4) is 0 Å². The van der Waals surface area contributed by atoms with Gasteiger partial charge in [-0.25, -0.2) is 15.0 Å². The molecule has 3 heterocycles. The van der Waals surface area contributed by atoms with E-state index < -0.39 is 31.1 Å². The Kier molecular flexibility index (Phi) is 6.51. The zero-order chi connectivity index (χ0) is 24.4. The second kappa shape index (κ2) is 9.88. The number of imidazole rings is 1. The van der Waals surface area contributed by atoms with E-state index >= 15 is 0 Å². The summed E-state index contributed by atoms with van der Waals surface area (Å²) in [6.45, 7) is -0.0923. The highest BCUT2D eigenvalue weighted by Gasteiger charge is 2.44. The normalized spacial score (nSPS) is 21.9. The molecule has 0 bridgehead atoms. The third-order valence-electron chi connectivity index (χ3n) is 6.12. The van der Waals surface area contributed by atoms with Crippen molar-refractivity contribution in [2.45, 2.75) is 31.0 Å². The Balaban J connectivity index is 1.53. The lowest BCUT2D eigenvalue weighted by Gasteiger charge is -2.22. The molecule has 1 aliphatic heterocycles. The highest BCUT2D eigenvalue weighted by Crippen LogP contribution is 2.33. The molecule has 4 aromatic rings. The minimum atomic E-state index is -1.29. The van der Waals surface area contributed by atoms with Crippen LogP contribution in [-0.4, -0.2) is 72.2 Å². The SMILES string of the molecule is O=C(c1ccccc1)N(CCc1ccccc1)c1ncnc2c1ncn2C1O[C@H](CO)[C@@H](O)[C@H]1O. The maximum Gasteiger partial charge on any atom is 0.259 e. The van der Waals surface area contributed by atoms with Crippen LogP contribution in [0.5, 0.6) is 0 Å². The fourth-order valence-corrected chi connectivity index (χ4v) is 4.26. The van der Waals surface area contributed by atoms with Gasteiger partial charge in [0.15, 0.2) is 23.2 Å². The van der Waals surface area contributed by atoms with Crippen LogP contribution in [0.3, 0.4) is 0 Å². The van der Waals surface area contributed by atoms with Crippen molar-refractivity contribution < 1.29 is 24.9 Å². The summed E-state index contributed by atoms with van der Waals surface area (Å²) in [6.07, 6.45) is -1.14. The molecular formula is C25H25N5O5. The Bertz CT molecular complexity index is 1300. The highest BCUT2D eigenvalue weighted by atomic mass is 16.6. The maximum atomic E-state index is 13.6. The number of amides is 1. The van der Waals surface area contributed by atoms with Crippen molar-refractivity contribution in [3.63, 3.8) is 0 Å². The van der Waals surface area contributed by atoms with E-state index in [0.717, 1.165) is 5.56 Å². The quantitative estimate of drug-likeness (QED) is 0.365. The third-order valence-corrected chi connectivity index (χ3v) is 6.12. The van der Waals surface area contributed by atoms with Crippen LogP contribution in [-0.2, 0) is 11.2 Å². The van der Waals surface area contributed by atoms with Gasteiger partial charge >= 0.3 is 0 Å². The Morgan fingerprint density at radius 2 is 1.69 bits per heavy atom. The second-order valence-corrected chi connectivity index (χ2v) is 8.31. The Morgan fingerprint density at radius 1 is 0.971 bits per heavy atom. The van der Waals surface area contributed by atoms with Gasteiger partial charge in [0.2, 0.25) is 0 Å². The molecule has 1 amide bonds. The molecule has 4 atom stereocenters. The molecule has 1 aliphatic rings. The van der Waals surface area contributed by atoms with E-state index in [-0.39, 0.29) is 5.91 Å². The zero-order valence-corrected chi connectivity index (χ0v) is 18.8. The lowest BCUT2D eigenvalue weighted by Crippen LogP contribution is -2.34. The number of carbonyl (C=O) groups excluding carboxylic acids is 1. The molecule has 1 fully saturated rings. The Hall–Kier alpha value is -3.70. The van der Waals surface area contributed by atoms with Crippen LogP contribution in [0, 0.1) is 0 Å². The smallest absolute Gasteiger partial charge is 0.259 e. The molecule has 2 aromatic carbocycles. The van der Waals surface area contributed by atoms with E-state index in [4.69, 9.17) is 4.74 Å². The Morgan fingerprint density at radius 3 is 2.37 bits per heavy atom. The van der Waals surface area contributed by atoms with E-state index in [9.17, 15) is 20.1 Å². The van der Waals surface area contributed by atoms with E-state index in [1.807, 2.05) is 36.4 Å². The maximum absolute atomic E-state index is 13.6. The molecule has 0 spiro atoms.